The zero-order chi connectivity index (χ0) is 16.2. The van der Waals surface area contributed by atoms with Crippen LogP contribution in [0.3, 0.4) is 0 Å². The van der Waals surface area contributed by atoms with Crippen LogP contribution in [0.4, 0.5) is 11.4 Å². The number of ether oxygens (including phenoxy) is 1. The van der Waals surface area contributed by atoms with Crippen molar-refractivity contribution in [2.24, 2.45) is 0 Å². The molecule has 0 radical (unpaired) electrons. The first kappa shape index (κ1) is 15.7. The molecule has 23 heavy (non-hydrogen) atoms. The molecule has 0 aliphatic carbocycles. The summed E-state index contributed by atoms with van der Waals surface area (Å²) in [6, 6.07) is 13.3. The van der Waals surface area contributed by atoms with Crippen molar-refractivity contribution in [1.29, 1.82) is 0 Å². The smallest absolute Gasteiger partial charge is 0.255 e. The molecule has 0 aromatic heterocycles. The highest BCUT2D eigenvalue weighted by molar-refractivity contribution is 7.99. The molecule has 0 atom stereocenters. The van der Waals surface area contributed by atoms with E-state index in [9.17, 15) is 4.79 Å². The number of hydrogen-bond acceptors (Lipinski definition) is 4. The van der Waals surface area contributed by atoms with Gasteiger partial charge in [-0.3, -0.25) is 4.79 Å². The Bertz CT molecular complexity index is 701. The van der Waals surface area contributed by atoms with E-state index in [0.717, 1.165) is 36.0 Å². The van der Waals surface area contributed by atoms with Crippen LogP contribution in [0.15, 0.2) is 47.4 Å². The summed E-state index contributed by atoms with van der Waals surface area (Å²) < 4.78 is 5.12. The topological polar surface area (TPSA) is 41.6 Å². The van der Waals surface area contributed by atoms with Gasteiger partial charge < -0.3 is 15.0 Å². The van der Waals surface area contributed by atoms with Gasteiger partial charge in [-0.1, -0.05) is 0 Å². The highest BCUT2D eigenvalue weighted by atomic mass is 32.2. The van der Waals surface area contributed by atoms with Gasteiger partial charge in [-0.2, -0.15) is 0 Å². The van der Waals surface area contributed by atoms with Crippen molar-refractivity contribution in [2.45, 2.75) is 11.8 Å². The number of rotatable bonds is 4. The highest BCUT2D eigenvalue weighted by Crippen LogP contribution is 2.35. The van der Waals surface area contributed by atoms with Crippen molar-refractivity contribution in [3.05, 3.63) is 48.0 Å². The Morgan fingerprint density at radius 1 is 1.26 bits per heavy atom. The van der Waals surface area contributed by atoms with Gasteiger partial charge in [0.25, 0.3) is 5.91 Å². The predicted molar refractivity (Wildman–Crippen MR) is 96.0 cm³/mol. The number of methoxy groups -OCH3 is 1. The zero-order valence-corrected chi connectivity index (χ0v) is 14.2. The summed E-state index contributed by atoms with van der Waals surface area (Å²) >= 11 is 1.85. The van der Waals surface area contributed by atoms with Crippen LogP contribution in [0.25, 0.3) is 0 Å². The molecule has 2 aromatic rings. The van der Waals surface area contributed by atoms with E-state index >= 15 is 0 Å². The summed E-state index contributed by atoms with van der Waals surface area (Å²) in [6.07, 6.45) is 0. The summed E-state index contributed by atoms with van der Waals surface area (Å²) in [7, 11) is 1.62. The Kier molecular flexibility index (Phi) is 4.76. The van der Waals surface area contributed by atoms with E-state index in [4.69, 9.17) is 4.74 Å². The molecule has 5 heteroatoms. The normalized spacial score (nSPS) is 13.4. The van der Waals surface area contributed by atoms with Gasteiger partial charge in [-0.15, -0.1) is 11.8 Å². The number of benzene rings is 2. The van der Waals surface area contributed by atoms with Crippen LogP contribution in [0, 0.1) is 0 Å². The first-order valence-corrected chi connectivity index (χ1v) is 8.67. The van der Waals surface area contributed by atoms with Crippen molar-refractivity contribution in [3.63, 3.8) is 0 Å². The van der Waals surface area contributed by atoms with E-state index in [-0.39, 0.29) is 5.91 Å². The number of carbonyl (C=O) groups is 1. The van der Waals surface area contributed by atoms with Gasteiger partial charge in [-0.25, -0.2) is 0 Å². The van der Waals surface area contributed by atoms with Gasteiger partial charge in [0.1, 0.15) is 5.75 Å². The number of amides is 1. The van der Waals surface area contributed by atoms with Gasteiger partial charge >= 0.3 is 0 Å². The van der Waals surface area contributed by atoms with Crippen LogP contribution in [0.2, 0.25) is 0 Å². The lowest BCUT2D eigenvalue weighted by molar-refractivity contribution is 0.102. The second-order valence-electron chi connectivity index (χ2n) is 5.29. The largest absolute Gasteiger partial charge is 0.497 e. The number of thioether (sulfide) groups is 1. The molecule has 0 bridgehead atoms. The molecule has 1 heterocycles. The van der Waals surface area contributed by atoms with Crippen LogP contribution in [0.5, 0.6) is 5.75 Å². The average Bonchev–Trinajstić information content (AvgIpc) is 2.61. The molecule has 1 aliphatic rings. The SMILES string of the molecule is CCN1CCSc2ccc(C(=O)Nc3ccc(OC)cc3)cc21. The minimum atomic E-state index is -0.0930. The molecule has 0 saturated heterocycles. The molecule has 0 unspecified atom stereocenters. The standard InChI is InChI=1S/C18H20N2O2S/c1-3-20-10-11-23-17-9-4-13(12-16(17)20)18(21)19-14-5-7-15(22-2)8-6-14/h4-9,12H,3,10-11H2,1-2H3,(H,19,21). The molecule has 1 aliphatic heterocycles. The molecule has 0 spiro atoms. The number of carbonyl (C=O) groups excluding carboxylic acids is 1. The van der Waals surface area contributed by atoms with Gasteiger partial charge in [0.05, 0.1) is 12.8 Å². The maximum atomic E-state index is 12.5. The third-order valence-corrected chi connectivity index (χ3v) is 4.95. The molecule has 2 aromatic carbocycles. The van der Waals surface area contributed by atoms with Crippen molar-refractivity contribution in [1.82, 2.24) is 0 Å². The summed E-state index contributed by atoms with van der Waals surface area (Å²) in [5.74, 6) is 1.77. The van der Waals surface area contributed by atoms with E-state index in [0.29, 0.717) is 5.56 Å². The van der Waals surface area contributed by atoms with Crippen molar-refractivity contribution < 1.29 is 9.53 Å². The Labute approximate surface area is 140 Å². The van der Waals surface area contributed by atoms with Gasteiger partial charge in [0, 0.05) is 35.0 Å². The number of hydrogen-bond donors (Lipinski definition) is 1. The summed E-state index contributed by atoms with van der Waals surface area (Å²) in [4.78, 5) is 16.0. The predicted octanol–water partition coefficient (Wildman–Crippen LogP) is 3.88. The second-order valence-corrected chi connectivity index (χ2v) is 6.43. The van der Waals surface area contributed by atoms with Gasteiger partial charge in [-0.05, 0) is 49.4 Å². The average molecular weight is 328 g/mol. The lowest BCUT2D eigenvalue weighted by atomic mass is 10.1. The highest BCUT2D eigenvalue weighted by Gasteiger charge is 2.18. The Morgan fingerprint density at radius 3 is 2.74 bits per heavy atom. The number of anilines is 2. The van der Waals surface area contributed by atoms with Gasteiger partial charge in [0.15, 0.2) is 0 Å². The number of nitrogens with zero attached hydrogens (tertiary/aromatic N) is 1. The molecular weight excluding hydrogens is 308 g/mol. The maximum absolute atomic E-state index is 12.5. The quantitative estimate of drug-likeness (QED) is 0.925. The van der Waals surface area contributed by atoms with Crippen LogP contribution >= 0.6 is 11.8 Å². The van der Waals surface area contributed by atoms with Crippen LogP contribution in [0.1, 0.15) is 17.3 Å². The minimum Gasteiger partial charge on any atom is -0.497 e. The minimum absolute atomic E-state index is 0.0930. The van der Waals surface area contributed by atoms with Gasteiger partial charge in [0.2, 0.25) is 0 Å². The van der Waals surface area contributed by atoms with Crippen LogP contribution < -0.4 is 15.0 Å². The van der Waals surface area contributed by atoms with Crippen LogP contribution in [-0.2, 0) is 0 Å². The third kappa shape index (κ3) is 3.45. The molecule has 1 N–H and O–H groups in total. The first-order valence-electron chi connectivity index (χ1n) is 7.68. The maximum Gasteiger partial charge on any atom is 0.255 e. The van der Waals surface area contributed by atoms with E-state index in [1.807, 2.05) is 54.2 Å². The summed E-state index contributed by atoms with van der Waals surface area (Å²) in [5.41, 5.74) is 2.60. The Hall–Kier alpha value is -2.14. The molecular formula is C18H20N2O2S. The molecule has 3 rings (SSSR count). The molecule has 0 fully saturated rings. The second kappa shape index (κ2) is 6.96. The van der Waals surface area contributed by atoms with Crippen LogP contribution in [-0.4, -0.2) is 31.9 Å². The van der Waals surface area contributed by atoms with E-state index in [1.165, 1.54) is 4.90 Å². The summed E-state index contributed by atoms with van der Waals surface area (Å²) in [6.45, 7) is 4.12. The molecule has 4 nitrogen and oxygen atoms in total. The Balaban J connectivity index is 1.79. The number of nitrogens with one attached hydrogen (secondary N) is 1. The van der Waals surface area contributed by atoms with Crippen molar-refractivity contribution >= 4 is 29.0 Å². The molecule has 120 valence electrons. The molecule has 0 saturated carbocycles. The van der Waals surface area contributed by atoms with Crippen molar-refractivity contribution in [3.8, 4) is 5.75 Å². The monoisotopic (exact) mass is 328 g/mol. The fraction of sp³-hybridized carbons (Fsp3) is 0.278. The first-order chi connectivity index (χ1) is 11.2. The summed E-state index contributed by atoms with van der Waals surface area (Å²) in [5, 5.41) is 2.93. The number of fused-ring (bicyclic) bond motifs is 1. The van der Waals surface area contributed by atoms with E-state index < -0.39 is 0 Å². The molecule has 1 amide bonds. The van der Waals surface area contributed by atoms with E-state index in [2.05, 4.69) is 17.1 Å². The third-order valence-electron chi connectivity index (χ3n) is 3.91. The fourth-order valence-corrected chi connectivity index (χ4v) is 3.65. The lowest BCUT2D eigenvalue weighted by Gasteiger charge is -2.30. The van der Waals surface area contributed by atoms with Crippen molar-refractivity contribution in [2.75, 3.05) is 36.2 Å². The lowest BCUT2D eigenvalue weighted by Crippen LogP contribution is -2.29. The Morgan fingerprint density at radius 2 is 2.04 bits per heavy atom. The fourth-order valence-electron chi connectivity index (χ4n) is 2.62. The zero-order valence-electron chi connectivity index (χ0n) is 13.3. The van der Waals surface area contributed by atoms with E-state index in [1.54, 1.807) is 7.11 Å².